The van der Waals surface area contributed by atoms with Crippen molar-refractivity contribution in [2.45, 2.75) is 133 Å². The van der Waals surface area contributed by atoms with Gasteiger partial charge in [0.25, 0.3) is 11.9 Å². The summed E-state index contributed by atoms with van der Waals surface area (Å²) in [5.74, 6) is -3.74. The number of hydrogen-bond donors (Lipinski definition) is 3. The number of alkyl halides is 3. The minimum absolute atomic E-state index is 0.0334. The van der Waals surface area contributed by atoms with Crippen LogP contribution >= 0.6 is 0 Å². The fourth-order valence-electron chi connectivity index (χ4n) is 7.48. The predicted octanol–water partition coefficient (Wildman–Crippen LogP) is 6.30. The molecule has 1 aliphatic heterocycles. The molecule has 3 aromatic rings. The van der Waals surface area contributed by atoms with E-state index in [-0.39, 0.29) is 37.5 Å². The first-order chi connectivity index (χ1) is 26.4. The minimum atomic E-state index is -4.84. The van der Waals surface area contributed by atoms with Crippen molar-refractivity contribution in [1.29, 1.82) is 0 Å². The second-order valence-corrected chi connectivity index (χ2v) is 17.9. The summed E-state index contributed by atoms with van der Waals surface area (Å²) < 4.78 is 90.8. The second-order valence-electron chi connectivity index (χ2n) is 15.7. The number of unbranched alkanes of at least 4 members (excludes halogenated alkanes) is 4. The van der Waals surface area contributed by atoms with E-state index in [1.807, 2.05) is 42.7 Å². The highest BCUT2D eigenvalue weighted by atomic mass is 32.2. The number of hydrogen-bond acceptors (Lipinski definition) is 8. The number of nitrogens with zero attached hydrogens (tertiary/aromatic N) is 3. The van der Waals surface area contributed by atoms with Crippen LogP contribution < -0.4 is 20.1 Å². The zero-order chi connectivity index (χ0) is 40.6. The highest BCUT2D eigenvalue weighted by Gasteiger charge is 2.62. The van der Waals surface area contributed by atoms with Gasteiger partial charge in [-0.2, -0.15) is 18.2 Å². The molecule has 3 N–H and O–H groups in total. The number of imidazole rings is 1. The Bertz CT molecular complexity index is 2070. The molecule has 5 atom stereocenters. The van der Waals surface area contributed by atoms with Crippen molar-refractivity contribution >= 4 is 44.5 Å². The van der Waals surface area contributed by atoms with Gasteiger partial charge in [-0.15, -0.1) is 0 Å². The van der Waals surface area contributed by atoms with E-state index in [1.165, 1.54) is 4.90 Å². The highest BCUT2D eigenvalue weighted by molar-refractivity contribution is 7.91. The summed E-state index contributed by atoms with van der Waals surface area (Å²) in [7, 11) is -4.01. The number of rotatable bonds is 17. The fourth-order valence-corrected chi connectivity index (χ4v) is 8.79. The molecule has 1 aromatic heterocycles. The average molecular weight is 807 g/mol. The van der Waals surface area contributed by atoms with Crippen molar-refractivity contribution < 1.29 is 45.1 Å². The van der Waals surface area contributed by atoms with E-state index in [4.69, 9.17) is 4.74 Å². The largest absolute Gasteiger partial charge is 0.459 e. The number of ether oxygens (including phenoxy) is 1. The number of aryl methyl sites for hydroxylation is 1. The molecule has 2 aromatic carbocycles. The summed E-state index contributed by atoms with van der Waals surface area (Å²) in [6.45, 7) is 7.60. The van der Waals surface area contributed by atoms with E-state index in [1.54, 1.807) is 13.8 Å². The van der Waals surface area contributed by atoms with Gasteiger partial charge in [-0.1, -0.05) is 58.1 Å². The monoisotopic (exact) mass is 806 g/mol. The number of benzene rings is 2. The number of carbonyl (C=O) groups excluding carboxylic acids is 3. The van der Waals surface area contributed by atoms with Crippen LogP contribution in [0.2, 0.25) is 0 Å². The Hall–Kier alpha value is -4.41. The highest BCUT2D eigenvalue weighted by Crippen LogP contribution is 2.46. The van der Waals surface area contributed by atoms with Gasteiger partial charge in [0, 0.05) is 18.7 Å². The molecule has 2 heterocycles. The van der Waals surface area contributed by atoms with Crippen molar-refractivity contribution in [2.24, 2.45) is 5.92 Å². The van der Waals surface area contributed by atoms with Crippen LogP contribution in [0.3, 0.4) is 0 Å². The molecular weight excluding hydrogens is 757 g/mol. The molecule has 0 radical (unpaired) electrons. The first-order valence-electron chi connectivity index (χ1n) is 19.4. The lowest BCUT2D eigenvalue weighted by Crippen LogP contribution is -2.58. The molecule has 2 aliphatic carbocycles. The van der Waals surface area contributed by atoms with Crippen LogP contribution in [-0.2, 0) is 37.1 Å². The molecule has 12 nitrogen and oxygen atoms in total. The van der Waals surface area contributed by atoms with Gasteiger partial charge < -0.3 is 20.3 Å². The second kappa shape index (κ2) is 15.9. The van der Waals surface area contributed by atoms with Gasteiger partial charge in [0.1, 0.15) is 29.5 Å². The SMILES string of the molecule is CCCCCCC[C@H](Nc1cc(F)cc(C(F)(F)F)c1)C(=O)N1C[C@H](Oc2nc3ccccc3n2CC)C[C@H]1C(=O)N[C@]1(C(=O)NS(=O)(=O)C2(C)CC2)C[C@H]1C. The van der Waals surface area contributed by atoms with Crippen molar-refractivity contribution in [2.75, 3.05) is 11.9 Å². The molecule has 0 spiro atoms. The number of aromatic nitrogens is 2. The van der Waals surface area contributed by atoms with E-state index in [9.17, 15) is 40.4 Å². The molecule has 0 bridgehead atoms. The topological polar surface area (TPSA) is 152 Å². The summed E-state index contributed by atoms with van der Waals surface area (Å²) >= 11 is 0. The number of amides is 3. The summed E-state index contributed by atoms with van der Waals surface area (Å²) in [6, 6.07) is 7.30. The Morgan fingerprint density at radius 2 is 1.75 bits per heavy atom. The molecule has 306 valence electrons. The Morgan fingerprint density at radius 1 is 1.05 bits per heavy atom. The first kappa shape index (κ1) is 41.2. The molecule has 2 saturated carbocycles. The van der Waals surface area contributed by atoms with Gasteiger partial charge in [-0.25, -0.2) is 12.8 Å². The summed E-state index contributed by atoms with van der Waals surface area (Å²) in [5.41, 5.74) is -1.51. The lowest BCUT2D eigenvalue weighted by Gasteiger charge is -2.30. The van der Waals surface area contributed by atoms with Crippen LogP contribution in [0.1, 0.15) is 97.5 Å². The Morgan fingerprint density at radius 3 is 2.39 bits per heavy atom. The lowest BCUT2D eigenvalue weighted by molar-refractivity contribution is -0.140. The molecule has 17 heteroatoms. The van der Waals surface area contributed by atoms with E-state index in [0.717, 1.165) is 43.3 Å². The van der Waals surface area contributed by atoms with E-state index >= 15 is 0 Å². The van der Waals surface area contributed by atoms with Gasteiger partial charge >= 0.3 is 6.18 Å². The maximum atomic E-state index is 14.6. The summed E-state index contributed by atoms with van der Waals surface area (Å²) in [6.07, 6.45) is -0.470. The van der Waals surface area contributed by atoms with Gasteiger partial charge in [-0.3, -0.25) is 23.7 Å². The van der Waals surface area contributed by atoms with Crippen LogP contribution in [0.4, 0.5) is 23.2 Å². The number of anilines is 1. The van der Waals surface area contributed by atoms with Gasteiger partial charge in [0.15, 0.2) is 0 Å². The first-order valence-corrected chi connectivity index (χ1v) is 20.8. The minimum Gasteiger partial charge on any atom is -0.459 e. The normalized spacial score (nSPS) is 23.4. The third-order valence-corrected chi connectivity index (χ3v) is 13.6. The Kier molecular flexibility index (Phi) is 11.7. The molecule has 6 rings (SSSR count). The van der Waals surface area contributed by atoms with Crippen molar-refractivity contribution in [3.63, 3.8) is 0 Å². The molecule has 3 amide bonds. The molecule has 3 fully saturated rings. The van der Waals surface area contributed by atoms with Gasteiger partial charge in [-0.05, 0) is 75.8 Å². The summed E-state index contributed by atoms with van der Waals surface area (Å²) in [4.78, 5) is 48.4. The Balaban J connectivity index is 1.30. The maximum Gasteiger partial charge on any atom is 0.416 e. The van der Waals surface area contributed by atoms with Crippen molar-refractivity contribution in [3.05, 3.63) is 53.8 Å². The quantitative estimate of drug-likeness (QED) is 0.106. The lowest BCUT2D eigenvalue weighted by atomic mass is 10.0. The molecule has 0 unspecified atom stereocenters. The van der Waals surface area contributed by atoms with Crippen LogP contribution in [0.15, 0.2) is 42.5 Å². The molecule has 56 heavy (non-hydrogen) atoms. The maximum absolute atomic E-state index is 14.6. The number of halogens is 4. The third kappa shape index (κ3) is 8.61. The number of likely N-dealkylation sites (tertiary alicyclic amines) is 1. The number of nitrogens with one attached hydrogen (secondary N) is 3. The van der Waals surface area contributed by atoms with Crippen LogP contribution in [-0.4, -0.2) is 75.6 Å². The predicted molar refractivity (Wildman–Crippen MR) is 201 cm³/mol. The zero-order valence-electron chi connectivity index (χ0n) is 32.0. The van der Waals surface area contributed by atoms with Crippen molar-refractivity contribution in [1.82, 2.24) is 24.5 Å². The van der Waals surface area contributed by atoms with Crippen LogP contribution in [0, 0.1) is 11.7 Å². The fraction of sp³-hybridized carbons (Fsp3) is 0.590. The van der Waals surface area contributed by atoms with E-state index in [2.05, 4.69) is 20.3 Å². The molecular formula is C39H50F4N6O6S. The third-order valence-electron chi connectivity index (χ3n) is 11.4. The van der Waals surface area contributed by atoms with Crippen molar-refractivity contribution in [3.8, 4) is 6.01 Å². The van der Waals surface area contributed by atoms with E-state index in [0.29, 0.717) is 37.4 Å². The van der Waals surface area contributed by atoms with E-state index < -0.39 is 79.7 Å². The number of sulfonamides is 1. The van der Waals surface area contributed by atoms with Crippen LogP contribution in [0.25, 0.3) is 11.0 Å². The smallest absolute Gasteiger partial charge is 0.416 e. The molecule has 1 saturated heterocycles. The number of fused-ring (bicyclic) bond motifs is 1. The van der Waals surface area contributed by atoms with Gasteiger partial charge in [0.2, 0.25) is 21.8 Å². The van der Waals surface area contributed by atoms with Crippen LogP contribution in [0.5, 0.6) is 6.01 Å². The standard InChI is InChI=1S/C39H50F4N6O6S/c1-5-7-8-9-10-14-30(44-27-19-25(39(41,42)43)18-26(40)20-27)34(51)49-23-28(55-36-45-29-13-11-12-15-31(29)48(36)6-2)21-32(49)33(50)46-38(22-24(38)3)35(52)47-56(53,54)37(4)16-17-37/h11-13,15,18-20,24,28,30,32,44H,5-10,14,16-17,21-23H2,1-4H3,(H,46,50)(H,47,52)/t24-,28-,30+,32+,38-/m1/s1. The Labute approximate surface area is 324 Å². The van der Waals surface area contributed by atoms with Gasteiger partial charge in [0.05, 0.1) is 27.9 Å². The zero-order valence-corrected chi connectivity index (χ0v) is 32.9. The molecule has 3 aliphatic rings. The average Bonchev–Trinajstić information content (AvgIpc) is 3.93. The summed E-state index contributed by atoms with van der Waals surface area (Å²) in [5, 5.41) is 5.61. The number of para-hydroxylation sites is 2. The number of carbonyl (C=O) groups is 3.